The number of hydrogen-bond acceptors (Lipinski definition) is 7. The summed E-state index contributed by atoms with van der Waals surface area (Å²) in [5.74, 6) is 0.361. The van der Waals surface area contributed by atoms with Crippen LogP contribution in [0.2, 0.25) is 0 Å². The molecule has 0 bridgehead atoms. The van der Waals surface area contributed by atoms with Crippen molar-refractivity contribution in [3.63, 3.8) is 0 Å². The van der Waals surface area contributed by atoms with E-state index in [2.05, 4.69) is 0 Å². The summed E-state index contributed by atoms with van der Waals surface area (Å²) in [6, 6.07) is 11.3. The van der Waals surface area contributed by atoms with Crippen molar-refractivity contribution in [3.05, 3.63) is 48.0 Å². The Morgan fingerprint density at radius 1 is 1.03 bits per heavy atom. The molecule has 0 aromatic heterocycles. The lowest BCUT2D eigenvalue weighted by Gasteiger charge is -2.30. The molecule has 3 rings (SSSR count). The van der Waals surface area contributed by atoms with Crippen molar-refractivity contribution < 1.29 is 27.4 Å². The van der Waals surface area contributed by atoms with Crippen LogP contribution in [0.4, 0.5) is 5.69 Å². The molecule has 0 unspecified atom stereocenters. The van der Waals surface area contributed by atoms with Crippen LogP contribution in [0.25, 0.3) is 0 Å². The molecule has 9 heteroatoms. The lowest BCUT2D eigenvalue weighted by Crippen LogP contribution is -2.37. The number of nitrogens with zero attached hydrogens (tertiary/aromatic N) is 2. The average Bonchev–Trinajstić information content (AvgIpc) is 2.80. The first-order valence-electron chi connectivity index (χ1n) is 10.2. The summed E-state index contributed by atoms with van der Waals surface area (Å²) in [6.45, 7) is 6.52. The zero-order valence-corrected chi connectivity index (χ0v) is 18.9. The number of ether oxygens (including phenoxy) is 3. The summed E-state index contributed by atoms with van der Waals surface area (Å²) in [7, 11) is -2.17. The average molecular weight is 449 g/mol. The molecule has 0 atom stereocenters. The summed E-state index contributed by atoms with van der Waals surface area (Å²) in [5, 5.41) is 0. The van der Waals surface area contributed by atoms with Crippen molar-refractivity contribution in [3.8, 4) is 11.5 Å². The monoisotopic (exact) mass is 448 g/mol. The van der Waals surface area contributed by atoms with E-state index in [1.165, 1.54) is 10.4 Å². The zero-order valence-electron chi connectivity index (χ0n) is 18.0. The molecule has 1 saturated heterocycles. The molecule has 1 fully saturated rings. The number of carbonyl (C=O) groups excluding carboxylic acids is 1. The van der Waals surface area contributed by atoms with E-state index in [4.69, 9.17) is 14.2 Å². The topological polar surface area (TPSA) is 85.4 Å². The highest BCUT2D eigenvalue weighted by atomic mass is 32.2. The molecule has 8 nitrogen and oxygen atoms in total. The summed E-state index contributed by atoms with van der Waals surface area (Å²) in [6.07, 6.45) is 0. The minimum atomic E-state index is -3.72. The van der Waals surface area contributed by atoms with Gasteiger partial charge in [0.2, 0.25) is 10.0 Å². The van der Waals surface area contributed by atoms with E-state index in [1.807, 2.05) is 4.90 Å². The molecular weight excluding hydrogens is 420 g/mol. The molecule has 0 aliphatic carbocycles. The number of esters is 1. The first-order chi connectivity index (χ1) is 14.9. The Balaban J connectivity index is 1.99. The maximum atomic E-state index is 13.1. The fraction of sp³-hybridized carbons (Fsp3) is 0.409. The van der Waals surface area contributed by atoms with Gasteiger partial charge in [-0.2, -0.15) is 4.31 Å². The van der Waals surface area contributed by atoms with Gasteiger partial charge in [0.1, 0.15) is 11.5 Å². The van der Waals surface area contributed by atoms with Crippen molar-refractivity contribution in [1.29, 1.82) is 0 Å². The second-order valence-electron chi connectivity index (χ2n) is 6.93. The number of methoxy groups -OCH3 is 1. The van der Waals surface area contributed by atoms with Crippen LogP contribution in [-0.2, 0) is 14.8 Å². The van der Waals surface area contributed by atoms with E-state index >= 15 is 0 Å². The van der Waals surface area contributed by atoms with Gasteiger partial charge in [0, 0.05) is 26.2 Å². The molecule has 0 radical (unpaired) electrons. The highest BCUT2D eigenvalue weighted by Gasteiger charge is 2.27. The highest BCUT2D eigenvalue weighted by molar-refractivity contribution is 7.89. The van der Waals surface area contributed by atoms with Gasteiger partial charge in [-0.3, -0.25) is 0 Å². The van der Waals surface area contributed by atoms with Gasteiger partial charge in [-0.15, -0.1) is 0 Å². The first kappa shape index (κ1) is 23.1. The number of hydrogen-bond donors (Lipinski definition) is 0. The molecule has 168 valence electrons. The molecule has 2 aromatic rings. The van der Waals surface area contributed by atoms with Crippen molar-refractivity contribution >= 4 is 21.7 Å². The Morgan fingerprint density at radius 2 is 1.65 bits per heavy atom. The van der Waals surface area contributed by atoms with E-state index in [0.717, 1.165) is 0 Å². The third-order valence-electron chi connectivity index (χ3n) is 5.15. The van der Waals surface area contributed by atoms with Crippen LogP contribution in [0, 0.1) is 0 Å². The van der Waals surface area contributed by atoms with Gasteiger partial charge in [0.25, 0.3) is 0 Å². The van der Waals surface area contributed by atoms with Gasteiger partial charge in [0.05, 0.1) is 36.5 Å². The maximum Gasteiger partial charge on any atom is 0.345 e. The zero-order chi connectivity index (χ0) is 22.4. The second kappa shape index (κ2) is 10.1. The number of anilines is 1. The van der Waals surface area contributed by atoms with Gasteiger partial charge in [-0.05, 0) is 42.5 Å². The third-order valence-corrected chi connectivity index (χ3v) is 7.20. The van der Waals surface area contributed by atoms with E-state index in [0.29, 0.717) is 56.6 Å². The Kier molecular flexibility index (Phi) is 7.53. The molecule has 1 aliphatic rings. The van der Waals surface area contributed by atoms with Crippen molar-refractivity contribution in [1.82, 2.24) is 4.31 Å². The summed E-state index contributed by atoms with van der Waals surface area (Å²) in [5.41, 5.74) is 0.825. The van der Waals surface area contributed by atoms with E-state index in [1.54, 1.807) is 57.4 Å². The number of benzene rings is 2. The molecule has 0 spiro atoms. The molecule has 31 heavy (non-hydrogen) atoms. The summed E-state index contributed by atoms with van der Waals surface area (Å²) >= 11 is 0. The van der Waals surface area contributed by atoms with E-state index < -0.39 is 16.0 Å². The second-order valence-corrected chi connectivity index (χ2v) is 8.87. The minimum Gasteiger partial charge on any atom is -0.497 e. The predicted octanol–water partition coefficient (Wildman–Crippen LogP) is 2.78. The lowest BCUT2D eigenvalue weighted by molar-refractivity contribution is 0.0733. The molecule has 2 aromatic carbocycles. The molecular formula is C22H28N2O6S. The Labute approximate surface area is 183 Å². The van der Waals surface area contributed by atoms with E-state index in [-0.39, 0.29) is 10.5 Å². The third kappa shape index (κ3) is 5.17. The highest BCUT2D eigenvalue weighted by Crippen LogP contribution is 2.28. The molecule has 0 N–H and O–H groups in total. The van der Waals surface area contributed by atoms with Crippen LogP contribution in [0.5, 0.6) is 11.5 Å². The normalized spacial score (nSPS) is 14.5. The number of rotatable bonds is 8. The van der Waals surface area contributed by atoms with Crippen LogP contribution in [0.15, 0.2) is 47.4 Å². The Hall–Kier alpha value is -2.62. The predicted molar refractivity (Wildman–Crippen MR) is 118 cm³/mol. The number of sulfonamides is 1. The summed E-state index contributed by atoms with van der Waals surface area (Å²) in [4.78, 5) is 15.2. The van der Waals surface area contributed by atoms with Crippen molar-refractivity contribution in [2.75, 3.05) is 51.4 Å². The minimum absolute atomic E-state index is 0.0647. The Morgan fingerprint density at radius 3 is 2.23 bits per heavy atom. The largest absolute Gasteiger partial charge is 0.497 e. The first-order valence-corrected chi connectivity index (χ1v) is 11.7. The molecule has 0 amide bonds. The lowest BCUT2D eigenvalue weighted by atomic mass is 10.1. The van der Waals surface area contributed by atoms with Crippen molar-refractivity contribution in [2.45, 2.75) is 18.7 Å². The van der Waals surface area contributed by atoms with E-state index in [9.17, 15) is 13.2 Å². The summed E-state index contributed by atoms with van der Waals surface area (Å²) < 4.78 is 43.5. The van der Waals surface area contributed by atoms with Crippen LogP contribution in [0.1, 0.15) is 24.2 Å². The number of carbonyl (C=O) groups is 1. The standard InChI is InChI=1S/C22H28N2O6S/c1-4-24(5-2)31(26,27)19-10-11-21(23-12-14-29-15-13-23)20(16-19)22(25)30-18-8-6-17(28-3)7-9-18/h6-11,16H,4-5,12-15H2,1-3H3. The molecule has 1 aliphatic heterocycles. The van der Waals surface area contributed by atoms with Crippen LogP contribution < -0.4 is 14.4 Å². The Bertz CT molecular complexity index is 997. The smallest absolute Gasteiger partial charge is 0.345 e. The molecule has 0 saturated carbocycles. The maximum absolute atomic E-state index is 13.1. The van der Waals surface area contributed by atoms with Gasteiger partial charge in [-0.1, -0.05) is 13.8 Å². The van der Waals surface area contributed by atoms with Crippen LogP contribution in [-0.4, -0.2) is 65.2 Å². The van der Waals surface area contributed by atoms with Crippen LogP contribution >= 0.6 is 0 Å². The van der Waals surface area contributed by atoms with Gasteiger partial charge < -0.3 is 19.1 Å². The quantitative estimate of drug-likeness (QED) is 0.453. The van der Waals surface area contributed by atoms with Gasteiger partial charge >= 0.3 is 5.97 Å². The van der Waals surface area contributed by atoms with Crippen molar-refractivity contribution in [2.24, 2.45) is 0 Å². The SMILES string of the molecule is CCN(CC)S(=O)(=O)c1ccc(N2CCOCC2)c(C(=O)Oc2ccc(OC)cc2)c1. The fourth-order valence-electron chi connectivity index (χ4n) is 3.44. The van der Waals surface area contributed by atoms with Crippen LogP contribution in [0.3, 0.4) is 0 Å². The number of morpholine rings is 1. The fourth-order valence-corrected chi connectivity index (χ4v) is 4.92. The van der Waals surface area contributed by atoms with Gasteiger partial charge in [-0.25, -0.2) is 13.2 Å². The van der Waals surface area contributed by atoms with Gasteiger partial charge in [0.15, 0.2) is 0 Å². The molecule has 1 heterocycles.